The van der Waals surface area contributed by atoms with Crippen molar-refractivity contribution in [2.75, 3.05) is 4.90 Å². The summed E-state index contributed by atoms with van der Waals surface area (Å²) in [4.78, 5) is 36.8. The molecule has 2 aromatic rings. The molecule has 0 bridgehead atoms. The van der Waals surface area contributed by atoms with Gasteiger partial charge in [0, 0.05) is 6.08 Å². The first kappa shape index (κ1) is 14.7. The average molecular weight is 307 g/mol. The van der Waals surface area contributed by atoms with Gasteiger partial charge in [-0.15, -0.1) is 0 Å². The number of aliphatic carboxylic acids is 1. The van der Waals surface area contributed by atoms with Crippen LogP contribution in [0.15, 0.2) is 48.5 Å². The van der Waals surface area contributed by atoms with Gasteiger partial charge in [-0.1, -0.05) is 24.3 Å². The van der Waals surface area contributed by atoms with E-state index in [1.807, 2.05) is 0 Å². The molecule has 1 heterocycles. The van der Waals surface area contributed by atoms with Gasteiger partial charge in [0.05, 0.1) is 16.8 Å². The number of amides is 2. The molecule has 0 fully saturated rings. The molecule has 2 aromatic carbocycles. The van der Waals surface area contributed by atoms with E-state index in [2.05, 4.69) is 0 Å². The first-order valence-corrected chi connectivity index (χ1v) is 6.98. The third-order valence-corrected chi connectivity index (χ3v) is 3.69. The second kappa shape index (κ2) is 5.53. The summed E-state index contributed by atoms with van der Waals surface area (Å²) in [6.07, 6.45) is 2.43. The number of benzene rings is 2. The van der Waals surface area contributed by atoms with Gasteiger partial charge in [0.15, 0.2) is 0 Å². The lowest BCUT2D eigenvalue weighted by Crippen LogP contribution is -2.30. The van der Waals surface area contributed by atoms with Gasteiger partial charge in [0.2, 0.25) is 0 Å². The molecule has 3 rings (SSSR count). The van der Waals surface area contributed by atoms with Crippen molar-refractivity contribution in [1.82, 2.24) is 0 Å². The van der Waals surface area contributed by atoms with Crippen LogP contribution in [-0.4, -0.2) is 22.9 Å². The van der Waals surface area contributed by atoms with E-state index in [4.69, 9.17) is 5.11 Å². The first-order chi connectivity index (χ1) is 11.0. The molecular formula is C18H13NO4. The van der Waals surface area contributed by atoms with E-state index in [9.17, 15) is 14.4 Å². The van der Waals surface area contributed by atoms with Crippen LogP contribution in [0, 0.1) is 6.92 Å². The zero-order chi connectivity index (χ0) is 16.6. The lowest BCUT2D eigenvalue weighted by molar-refractivity contribution is -0.131. The molecule has 114 valence electrons. The standard InChI is InChI=1S/C18H13NO4/c1-11-6-7-12(8-9-16(20)21)10-15(11)19-17(22)13-4-2-3-5-14(13)18(19)23/h2-10H,1H3,(H,20,21)/b9-8+. The molecule has 5 heteroatoms. The van der Waals surface area contributed by atoms with E-state index in [0.717, 1.165) is 16.5 Å². The van der Waals surface area contributed by atoms with Crippen molar-refractivity contribution in [3.05, 3.63) is 70.8 Å². The van der Waals surface area contributed by atoms with Gasteiger partial charge in [-0.2, -0.15) is 0 Å². The van der Waals surface area contributed by atoms with Gasteiger partial charge in [-0.25, -0.2) is 9.69 Å². The van der Waals surface area contributed by atoms with E-state index in [0.29, 0.717) is 22.4 Å². The second-order valence-electron chi connectivity index (χ2n) is 5.21. The second-order valence-corrected chi connectivity index (χ2v) is 5.21. The lowest BCUT2D eigenvalue weighted by atomic mass is 10.1. The van der Waals surface area contributed by atoms with E-state index in [1.54, 1.807) is 49.4 Å². The maximum Gasteiger partial charge on any atom is 0.328 e. The van der Waals surface area contributed by atoms with Crippen molar-refractivity contribution in [3.63, 3.8) is 0 Å². The Balaban J connectivity index is 2.06. The van der Waals surface area contributed by atoms with Gasteiger partial charge < -0.3 is 5.11 Å². The molecule has 0 aromatic heterocycles. The third kappa shape index (κ3) is 2.53. The van der Waals surface area contributed by atoms with E-state index in [-0.39, 0.29) is 11.8 Å². The number of carboxylic acids is 1. The highest BCUT2D eigenvalue weighted by Gasteiger charge is 2.36. The fraction of sp³-hybridized carbons (Fsp3) is 0.0556. The molecule has 5 nitrogen and oxygen atoms in total. The van der Waals surface area contributed by atoms with Crippen LogP contribution in [0.25, 0.3) is 6.08 Å². The summed E-state index contributed by atoms with van der Waals surface area (Å²) in [5, 5.41) is 8.71. The van der Waals surface area contributed by atoms with Crippen LogP contribution in [0.4, 0.5) is 5.69 Å². The van der Waals surface area contributed by atoms with Crippen molar-refractivity contribution in [2.45, 2.75) is 6.92 Å². The lowest BCUT2D eigenvalue weighted by Gasteiger charge is -2.17. The highest BCUT2D eigenvalue weighted by Crippen LogP contribution is 2.31. The highest BCUT2D eigenvalue weighted by molar-refractivity contribution is 6.34. The molecule has 23 heavy (non-hydrogen) atoms. The van der Waals surface area contributed by atoms with Crippen molar-refractivity contribution < 1.29 is 19.5 Å². The Bertz CT molecular complexity index is 832. The van der Waals surface area contributed by atoms with Crippen LogP contribution in [-0.2, 0) is 4.79 Å². The average Bonchev–Trinajstić information content (AvgIpc) is 2.79. The smallest absolute Gasteiger partial charge is 0.328 e. The number of hydrogen-bond donors (Lipinski definition) is 1. The number of nitrogens with zero attached hydrogens (tertiary/aromatic N) is 1. The summed E-state index contributed by atoms with van der Waals surface area (Å²) in [5.41, 5.74) is 2.58. The molecule has 0 atom stereocenters. The molecule has 0 unspecified atom stereocenters. The van der Waals surface area contributed by atoms with Crippen LogP contribution in [0.3, 0.4) is 0 Å². The quantitative estimate of drug-likeness (QED) is 0.699. The minimum atomic E-state index is -1.06. The minimum absolute atomic E-state index is 0.368. The van der Waals surface area contributed by atoms with Crippen molar-refractivity contribution in [3.8, 4) is 0 Å². The summed E-state index contributed by atoms with van der Waals surface area (Å²) in [6.45, 7) is 1.80. The van der Waals surface area contributed by atoms with Crippen molar-refractivity contribution in [1.29, 1.82) is 0 Å². The molecule has 0 saturated carbocycles. The zero-order valence-electron chi connectivity index (χ0n) is 12.3. The summed E-state index contributed by atoms with van der Waals surface area (Å²) in [5.74, 6) is -1.80. The number of fused-ring (bicyclic) bond motifs is 1. The number of imide groups is 1. The SMILES string of the molecule is Cc1ccc(/C=C/C(=O)O)cc1N1C(=O)c2ccccc2C1=O. The molecule has 2 amide bonds. The maximum atomic E-state index is 12.5. The number of carboxylic acid groups (broad SMARTS) is 1. The molecule has 0 radical (unpaired) electrons. The Morgan fingerprint density at radius 3 is 2.22 bits per heavy atom. The number of carbonyl (C=O) groups excluding carboxylic acids is 2. The Morgan fingerprint density at radius 2 is 1.65 bits per heavy atom. The number of anilines is 1. The van der Waals surface area contributed by atoms with Crippen LogP contribution in [0.2, 0.25) is 0 Å². The fourth-order valence-electron chi connectivity index (χ4n) is 2.55. The zero-order valence-corrected chi connectivity index (χ0v) is 12.3. The van der Waals surface area contributed by atoms with Gasteiger partial charge in [-0.3, -0.25) is 9.59 Å². The summed E-state index contributed by atoms with van der Waals surface area (Å²) in [7, 11) is 0. The normalized spacial score (nSPS) is 13.7. The molecule has 0 aliphatic carbocycles. The van der Waals surface area contributed by atoms with Crippen molar-refractivity contribution in [2.24, 2.45) is 0 Å². The summed E-state index contributed by atoms with van der Waals surface area (Å²) < 4.78 is 0. The van der Waals surface area contributed by atoms with Crippen LogP contribution in [0.5, 0.6) is 0 Å². The van der Waals surface area contributed by atoms with Gasteiger partial charge in [0.25, 0.3) is 11.8 Å². The van der Waals surface area contributed by atoms with Gasteiger partial charge >= 0.3 is 5.97 Å². The predicted molar refractivity (Wildman–Crippen MR) is 85.4 cm³/mol. The molecule has 0 spiro atoms. The van der Waals surface area contributed by atoms with Crippen LogP contribution in [0.1, 0.15) is 31.8 Å². The van der Waals surface area contributed by atoms with Crippen molar-refractivity contribution >= 4 is 29.5 Å². The molecule has 1 aliphatic heterocycles. The van der Waals surface area contributed by atoms with Gasteiger partial charge in [0.1, 0.15) is 0 Å². The predicted octanol–water partition coefficient (Wildman–Crippen LogP) is 2.89. The highest BCUT2D eigenvalue weighted by atomic mass is 16.4. The molecule has 1 N–H and O–H groups in total. The van der Waals surface area contributed by atoms with Gasteiger partial charge in [-0.05, 0) is 42.3 Å². The number of carbonyl (C=O) groups is 3. The first-order valence-electron chi connectivity index (χ1n) is 6.98. The molecule has 0 saturated heterocycles. The largest absolute Gasteiger partial charge is 0.478 e. The number of rotatable bonds is 3. The monoisotopic (exact) mass is 307 g/mol. The topological polar surface area (TPSA) is 74.7 Å². The van der Waals surface area contributed by atoms with E-state index in [1.165, 1.54) is 6.08 Å². The number of hydrogen-bond acceptors (Lipinski definition) is 3. The Hall–Kier alpha value is -3.21. The minimum Gasteiger partial charge on any atom is -0.478 e. The van der Waals surface area contributed by atoms with Crippen LogP contribution >= 0.6 is 0 Å². The summed E-state index contributed by atoms with van der Waals surface area (Å²) in [6, 6.07) is 11.8. The molecular weight excluding hydrogens is 294 g/mol. The number of aryl methyl sites for hydroxylation is 1. The Morgan fingerprint density at radius 1 is 1.04 bits per heavy atom. The third-order valence-electron chi connectivity index (χ3n) is 3.69. The Kier molecular flexibility index (Phi) is 3.54. The summed E-state index contributed by atoms with van der Waals surface area (Å²) >= 11 is 0. The van der Waals surface area contributed by atoms with Crippen LogP contribution < -0.4 is 4.90 Å². The fourth-order valence-corrected chi connectivity index (χ4v) is 2.55. The van der Waals surface area contributed by atoms with E-state index < -0.39 is 5.97 Å². The van der Waals surface area contributed by atoms with E-state index >= 15 is 0 Å². The molecule has 1 aliphatic rings. The Labute approximate surface area is 132 Å². The maximum absolute atomic E-state index is 12.5.